The van der Waals surface area contributed by atoms with E-state index >= 15 is 0 Å². The molecule has 0 amide bonds. The summed E-state index contributed by atoms with van der Waals surface area (Å²) in [6.45, 7) is 4.24. The minimum atomic E-state index is 0.707. The van der Waals surface area contributed by atoms with E-state index in [2.05, 4.69) is 11.4 Å². The molecule has 0 atom stereocenters. The molecule has 10 heavy (non-hydrogen) atoms. The standard InChI is InChI=1S/C8H11NO/c1-6-8(2-3-10-6)7-4-9-5-7/h2-3,7,9H,4-5H2,1H3. The third-order valence-corrected chi connectivity index (χ3v) is 2.12. The smallest absolute Gasteiger partial charge is 0.104 e. The fourth-order valence-electron chi connectivity index (χ4n) is 1.33. The summed E-state index contributed by atoms with van der Waals surface area (Å²) in [5, 5.41) is 3.24. The molecule has 1 aromatic rings. The van der Waals surface area contributed by atoms with Crippen molar-refractivity contribution in [2.75, 3.05) is 13.1 Å². The van der Waals surface area contributed by atoms with Crippen LogP contribution in [-0.4, -0.2) is 13.1 Å². The van der Waals surface area contributed by atoms with Crippen LogP contribution in [0, 0.1) is 6.92 Å². The molecule has 1 aliphatic heterocycles. The van der Waals surface area contributed by atoms with Crippen LogP contribution < -0.4 is 5.32 Å². The van der Waals surface area contributed by atoms with Gasteiger partial charge in [-0.1, -0.05) is 0 Å². The molecule has 1 aromatic heterocycles. The minimum Gasteiger partial charge on any atom is -0.469 e. The lowest BCUT2D eigenvalue weighted by atomic mass is 9.94. The summed E-state index contributed by atoms with van der Waals surface area (Å²) in [5.41, 5.74) is 1.37. The van der Waals surface area contributed by atoms with Crippen molar-refractivity contribution in [3.8, 4) is 0 Å². The average Bonchev–Trinajstić information content (AvgIpc) is 2.12. The first-order chi connectivity index (χ1) is 4.88. The molecule has 0 unspecified atom stereocenters. The average molecular weight is 137 g/mol. The number of furan rings is 1. The van der Waals surface area contributed by atoms with Gasteiger partial charge in [0.15, 0.2) is 0 Å². The van der Waals surface area contributed by atoms with E-state index < -0.39 is 0 Å². The lowest BCUT2D eigenvalue weighted by Crippen LogP contribution is -2.39. The molecule has 2 heteroatoms. The molecule has 1 saturated heterocycles. The third-order valence-electron chi connectivity index (χ3n) is 2.12. The second-order valence-electron chi connectivity index (χ2n) is 2.79. The van der Waals surface area contributed by atoms with Crippen LogP contribution in [0.2, 0.25) is 0 Å². The Morgan fingerprint density at radius 1 is 1.60 bits per heavy atom. The van der Waals surface area contributed by atoms with Crippen LogP contribution in [0.1, 0.15) is 17.2 Å². The Hall–Kier alpha value is -0.760. The second-order valence-corrected chi connectivity index (χ2v) is 2.79. The first-order valence-electron chi connectivity index (χ1n) is 3.62. The molecular weight excluding hydrogens is 126 g/mol. The molecule has 54 valence electrons. The van der Waals surface area contributed by atoms with Crippen molar-refractivity contribution >= 4 is 0 Å². The van der Waals surface area contributed by atoms with Crippen molar-refractivity contribution in [3.63, 3.8) is 0 Å². The fourth-order valence-corrected chi connectivity index (χ4v) is 1.33. The predicted octanol–water partition coefficient (Wildman–Crippen LogP) is 1.27. The van der Waals surface area contributed by atoms with Crippen molar-refractivity contribution in [1.82, 2.24) is 5.32 Å². The van der Waals surface area contributed by atoms with Gasteiger partial charge in [0, 0.05) is 19.0 Å². The van der Waals surface area contributed by atoms with E-state index in [4.69, 9.17) is 4.42 Å². The Bertz CT molecular complexity index is 225. The van der Waals surface area contributed by atoms with E-state index in [1.807, 2.05) is 6.92 Å². The highest BCUT2D eigenvalue weighted by atomic mass is 16.3. The van der Waals surface area contributed by atoms with E-state index in [0.29, 0.717) is 5.92 Å². The highest BCUT2D eigenvalue weighted by molar-refractivity contribution is 5.23. The maximum atomic E-state index is 5.19. The van der Waals surface area contributed by atoms with Gasteiger partial charge in [-0.25, -0.2) is 0 Å². The van der Waals surface area contributed by atoms with Crippen LogP contribution in [-0.2, 0) is 0 Å². The zero-order valence-electron chi connectivity index (χ0n) is 6.05. The van der Waals surface area contributed by atoms with Gasteiger partial charge >= 0.3 is 0 Å². The molecule has 1 N–H and O–H groups in total. The molecule has 1 aliphatic rings. The lowest BCUT2D eigenvalue weighted by molar-refractivity contribution is 0.436. The van der Waals surface area contributed by atoms with Crippen LogP contribution in [0.15, 0.2) is 16.7 Å². The van der Waals surface area contributed by atoms with E-state index in [1.165, 1.54) is 5.56 Å². The Balaban J connectivity index is 2.23. The van der Waals surface area contributed by atoms with Gasteiger partial charge in [0.25, 0.3) is 0 Å². The van der Waals surface area contributed by atoms with Gasteiger partial charge in [-0.05, 0) is 18.6 Å². The van der Waals surface area contributed by atoms with Crippen molar-refractivity contribution in [2.24, 2.45) is 0 Å². The number of hydrogen-bond acceptors (Lipinski definition) is 2. The van der Waals surface area contributed by atoms with Gasteiger partial charge in [-0.3, -0.25) is 0 Å². The summed E-state index contributed by atoms with van der Waals surface area (Å²) in [5.74, 6) is 1.78. The topological polar surface area (TPSA) is 25.2 Å². The lowest BCUT2D eigenvalue weighted by Gasteiger charge is -2.26. The third kappa shape index (κ3) is 0.762. The Labute approximate surface area is 60.2 Å². The molecule has 0 radical (unpaired) electrons. The molecule has 1 fully saturated rings. The Morgan fingerprint density at radius 3 is 2.80 bits per heavy atom. The van der Waals surface area contributed by atoms with Gasteiger partial charge in [0.05, 0.1) is 6.26 Å². The molecule has 0 bridgehead atoms. The Morgan fingerprint density at radius 2 is 2.40 bits per heavy atom. The van der Waals surface area contributed by atoms with Crippen LogP contribution in [0.25, 0.3) is 0 Å². The molecule has 2 rings (SSSR count). The van der Waals surface area contributed by atoms with Crippen molar-refractivity contribution in [2.45, 2.75) is 12.8 Å². The Kier molecular flexibility index (Phi) is 1.27. The number of aryl methyl sites for hydroxylation is 1. The maximum absolute atomic E-state index is 5.19. The molecule has 2 heterocycles. The summed E-state index contributed by atoms with van der Waals surface area (Å²) >= 11 is 0. The van der Waals surface area contributed by atoms with Crippen LogP contribution >= 0.6 is 0 Å². The van der Waals surface area contributed by atoms with Crippen molar-refractivity contribution in [1.29, 1.82) is 0 Å². The van der Waals surface area contributed by atoms with E-state index in [0.717, 1.165) is 18.8 Å². The van der Waals surface area contributed by atoms with E-state index in [1.54, 1.807) is 6.26 Å². The normalized spacial score (nSPS) is 18.9. The van der Waals surface area contributed by atoms with E-state index in [-0.39, 0.29) is 0 Å². The molecular formula is C8H11NO. The van der Waals surface area contributed by atoms with Gasteiger partial charge in [-0.15, -0.1) is 0 Å². The summed E-state index contributed by atoms with van der Waals surface area (Å²) < 4.78 is 5.19. The van der Waals surface area contributed by atoms with E-state index in [9.17, 15) is 0 Å². The number of hydrogen-bond donors (Lipinski definition) is 1. The quantitative estimate of drug-likeness (QED) is 0.630. The maximum Gasteiger partial charge on any atom is 0.104 e. The number of rotatable bonds is 1. The van der Waals surface area contributed by atoms with Gasteiger partial charge in [0.1, 0.15) is 5.76 Å². The molecule has 0 aliphatic carbocycles. The number of nitrogens with one attached hydrogen (secondary N) is 1. The first kappa shape index (κ1) is 5.98. The van der Waals surface area contributed by atoms with Crippen LogP contribution in [0.4, 0.5) is 0 Å². The van der Waals surface area contributed by atoms with Gasteiger partial charge in [-0.2, -0.15) is 0 Å². The highest BCUT2D eigenvalue weighted by Crippen LogP contribution is 2.23. The fraction of sp³-hybridized carbons (Fsp3) is 0.500. The summed E-state index contributed by atoms with van der Waals surface area (Å²) in [6.07, 6.45) is 1.77. The molecule has 0 aromatic carbocycles. The summed E-state index contributed by atoms with van der Waals surface area (Å²) in [4.78, 5) is 0. The van der Waals surface area contributed by atoms with Gasteiger partial charge < -0.3 is 9.73 Å². The SMILES string of the molecule is Cc1occc1C1CNC1. The second kappa shape index (κ2) is 2.13. The zero-order valence-corrected chi connectivity index (χ0v) is 6.05. The van der Waals surface area contributed by atoms with Gasteiger partial charge in [0.2, 0.25) is 0 Å². The van der Waals surface area contributed by atoms with Crippen molar-refractivity contribution < 1.29 is 4.42 Å². The van der Waals surface area contributed by atoms with Crippen LogP contribution in [0.3, 0.4) is 0 Å². The zero-order chi connectivity index (χ0) is 6.97. The summed E-state index contributed by atoms with van der Waals surface area (Å²) in [7, 11) is 0. The van der Waals surface area contributed by atoms with Crippen molar-refractivity contribution in [3.05, 3.63) is 23.7 Å². The predicted molar refractivity (Wildman–Crippen MR) is 39.1 cm³/mol. The summed E-state index contributed by atoms with van der Waals surface area (Å²) in [6, 6.07) is 2.07. The highest BCUT2D eigenvalue weighted by Gasteiger charge is 2.21. The molecule has 0 spiro atoms. The molecule has 0 saturated carbocycles. The first-order valence-corrected chi connectivity index (χ1v) is 3.62. The minimum absolute atomic E-state index is 0.707. The largest absolute Gasteiger partial charge is 0.469 e. The molecule has 2 nitrogen and oxygen atoms in total. The van der Waals surface area contributed by atoms with Crippen LogP contribution in [0.5, 0.6) is 0 Å². The monoisotopic (exact) mass is 137 g/mol.